The largest absolute Gasteiger partial charge is 0.396 e. The summed E-state index contributed by atoms with van der Waals surface area (Å²) >= 11 is 0. The molecule has 0 aromatic carbocycles. The van der Waals surface area contributed by atoms with Crippen LogP contribution in [-0.2, 0) is 14.3 Å². The lowest BCUT2D eigenvalue weighted by atomic mass is 10.2. The second-order valence-corrected chi connectivity index (χ2v) is 4.65. The van der Waals surface area contributed by atoms with Crippen LogP contribution in [0.25, 0.3) is 0 Å². The number of aliphatic hydroxyl groups excluding tert-OH is 1. The van der Waals surface area contributed by atoms with Gasteiger partial charge in [-0.3, -0.25) is 9.69 Å². The molecule has 2 aliphatic rings. The molecule has 6 nitrogen and oxygen atoms in total. The van der Waals surface area contributed by atoms with Gasteiger partial charge in [-0.25, -0.2) is 0 Å². The number of carbonyl (C=O) groups is 1. The van der Waals surface area contributed by atoms with Gasteiger partial charge in [0, 0.05) is 45.8 Å². The fraction of sp³-hybridized carbons (Fsp3) is 0.917. The first-order valence-corrected chi connectivity index (χ1v) is 6.62. The molecule has 0 radical (unpaired) electrons. The third kappa shape index (κ3) is 3.65. The van der Waals surface area contributed by atoms with Crippen molar-refractivity contribution in [1.29, 1.82) is 0 Å². The number of hydrogen-bond acceptors (Lipinski definition) is 5. The van der Waals surface area contributed by atoms with Gasteiger partial charge in [0.2, 0.25) is 0 Å². The van der Waals surface area contributed by atoms with Gasteiger partial charge < -0.3 is 19.5 Å². The van der Waals surface area contributed by atoms with Crippen molar-refractivity contribution in [3.8, 4) is 0 Å². The van der Waals surface area contributed by atoms with Gasteiger partial charge in [-0.1, -0.05) is 0 Å². The fourth-order valence-corrected chi connectivity index (χ4v) is 2.32. The van der Waals surface area contributed by atoms with E-state index in [1.165, 1.54) is 0 Å². The number of carbonyl (C=O) groups excluding carboxylic acids is 1. The first kappa shape index (κ1) is 13.7. The van der Waals surface area contributed by atoms with Crippen LogP contribution in [0, 0.1) is 0 Å². The predicted octanol–water partition coefficient (Wildman–Crippen LogP) is -1.07. The highest BCUT2D eigenvalue weighted by molar-refractivity contribution is 5.81. The molecule has 104 valence electrons. The summed E-state index contributed by atoms with van der Waals surface area (Å²) in [5.41, 5.74) is 0. The Bertz CT molecular complexity index is 267. The van der Waals surface area contributed by atoms with Gasteiger partial charge in [-0.05, 0) is 0 Å². The SMILES string of the molecule is O=C1C(CCO)OCCN1CCN1CCOCC1. The van der Waals surface area contributed by atoms with Crippen LogP contribution in [0.15, 0.2) is 0 Å². The molecule has 1 amide bonds. The van der Waals surface area contributed by atoms with Crippen LogP contribution >= 0.6 is 0 Å². The maximum atomic E-state index is 12.0. The molecule has 0 spiro atoms. The molecule has 0 aromatic rings. The van der Waals surface area contributed by atoms with E-state index in [2.05, 4.69) is 4.90 Å². The minimum atomic E-state index is -0.451. The predicted molar refractivity (Wildman–Crippen MR) is 65.3 cm³/mol. The van der Waals surface area contributed by atoms with E-state index < -0.39 is 6.10 Å². The summed E-state index contributed by atoms with van der Waals surface area (Å²) in [6, 6.07) is 0. The molecular weight excluding hydrogens is 236 g/mol. The minimum absolute atomic E-state index is 0.00624. The summed E-state index contributed by atoms with van der Waals surface area (Å²) in [5.74, 6) is 0.0172. The molecule has 18 heavy (non-hydrogen) atoms. The van der Waals surface area contributed by atoms with Crippen molar-refractivity contribution in [3.05, 3.63) is 0 Å². The first-order chi connectivity index (χ1) is 8.81. The van der Waals surface area contributed by atoms with Gasteiger partial charge in [0.25, 0.3) is 5.91 Å². The Kier molecular flexibility index (Phi) is 5.37. The van der Waals surface area contributed by atoms with Crippen molar-refractivity contribution in [2.24, 2.45) is 0 Å². The Morgan fingerprint density at radius 3 is 2.67 bits per heavy atom. The van der Waals surface area contributed by atoms with Crippen molar-refractivity contribution >= 4 is 5.91 Å². The summed E-state index contributed by atoms with van der Waals surface area (Å²) < 4.78 is 10.7. The minimum Gasteiger partial charge on any atom is -0.396 e. The highest BCUT2D eigenvalue weighted by Crippen LogP contribution is 2.10. The third-order valence-corrected chi connectivity index (χ3v) is 3.45. The first-order valence-electron chi connectivity index (χ1n) is 6.62. The lowest BCUT2D eigenvalue weighted by Gasteiger charge is -2.34. The Hall–Kier alpha value is -0.690. The number of hydrogen-bond donors (Lipinski definition) is 1. The van der Waals surface area contributed by atoms with E-state index in [0.29, 0.717) is 19.6 Å². The van der Waals surface area contributed by atoms with Gasteiger partial charge in [-0.15, -0.1) is 0 Å². The van der Waals surface area contributed by atoms with E-state index in [-0.39, 0.29) is 12.5 Å². The van der Waals surface area contributed by atoms with Crippen LogP contribution in [0.1, 0.15) is 6.42 Å². The van der Waals surface area contributed by atoms with Crippen molar-refractivity contribution in [3.63, 3.8) is 0 Å². The second-order valence-electron chi connectivity index (χ2n) is 4.65. The van der Waals surface area contributed by atoms with E-state index >= 15 is 0 Å². The van der Waals surface area contributed by atoms with Crippen LogP contribution in [0.3, 0.4) is 0 Å². The summed E-state index contributed by atoms with van der Waals surface area (Å²) in [6.07, 6.45) is -0.0548. The molecular formula is C12H22N2O4. The molecule has 1 unspecified atom stereocenters. The molecule has 0 aliphatic carbocycles. The highest BCUT2D eigenvalue weighted by atomic mass is 16.5. The normalized spacial score (nSPS) is 26.6. The van der Waals surface area contributed by atoms with Crippen molar-refractivity contribution in [2.75, 3.05) is 59.2 Å². The molecule has 2 heterocycles. The maximum absolute atomic E-state index is 12.0. The van der Waals surface area contributed by atoms with E-state index in [0.717, 1.165) is 39.4 Å². The fourth-order valence-electron chi connectivity index (χ4n) is 2.32. The summed E-state index contributed by atoms with van der Waals surface area (Å²) in [4.78, 5) is 16.2. The molecule has 0 saturated carbocycles. The summed E-state index contributed by atoms with van der Waals surface area (Å²) in [6.45, 7) is 6.30. The monoisotopic (exact) mass is 258 g/mol. The van der Waals surface area contributed by atoms with E-state index in [9.17, 15) is 4.79 Å². The lowest BCUT2D eigenvalue weighted by Crippen LogP contribution is -2.51. The Balaban J connectivity index is 1.75. The quantitative estimate of drug-likeness (QED) is 0.680. The van der Waals surface area contributed by atoms with Crippen LogP contribution < -0.4 is 0 Å². The van der Waals surface area contributed by atoms with E-state index in [1.54, 1.807) is 0 Å². The lowest BCUT2D eigenvalue weighted by molar-refractivity contribution is -0.154. The zero-order chi connectivity index (χ0) is 12.8. The Labute approximate surface area is 107 Å². The molecule has 2 aliphatic heterocycles. The van der Waals surface area contributed by atoms with Gasteiger partial charge in [0.1, 0.15) is 6.10 Å². The number of aliphatic hydroxyl groups is 1. The Morgan fingerprint density at radius 1 is 1.17 bits per heavy atom. The van der Waals surface area contributed by atoms with Gasteiger partial charge in [0.05, 0.1) is 19.8 Å². The van der Waals surface area contributed by atoms with E-state index in [4.69, 9.17) is 14.6 Å². The summed E-state index contributed by atoms with van der Waals surface area (Å²) in [5, 5.41) is 8.88. The molecule has 1 atom stereocenters. The van der Waals surface area contributed by atoms with Crippen molar-refractivity contribution in [1.82, 2.24) is 9.80 Å². The average molecular weight is 258 g/mol. The molecule has 0 bridgehead atoms. The highest BCUT2D eigenvalue weighted by Gasteiger charge is 2.29. The van der Waals surface area contributed by atoms with Crippen LogP contribution in [0.2, 0.25) is 0 Å². The molecule has 2 rings (SSSR count). The van der Waals surface area contributed by atoms with Crippen LogP contribution in [0.4, 0.5) is 0 Å². The zero-order valence-electron chi connectivity index (χ0n) is 10.7. The standard InChI is InChI=1S/C12H22N2O4/c15-7-1-11-12(16)14(6-10-18-11)3-2-13-4-8-17-9-5-13/h11,15H,1-10H2. The topological polar surface area (TPSA) is 62.2 Å². The van der Waals surface area contributed by atoms with Crippen molar-refractivity contribution < 1.29 is 19.4 Å². The molecule has 2 saturated heterocycles. The van der Waals surface area contributed by atoms with E-state index in [1.807, 2.05) is 4.90 Å². The smallest absolute Gasteiger partial charge is 0.251 e. The molecule has 1 N–H and O–H groups in total. The second kappa shape index (κ2) is 7.04. The number of morpholine rings is 2. The maximum Gasteiger partial charge on any atom is 0.251 e. The molecule has 6 heteroatoms. The van der Waals surface area contributed by atoms with Gasteiger partial charge in [0.15, 0.2) is 0 Å². The summed E-state index contributed by atoms with van der Waals surface area (Å²) in [7, 11) is 0. The van der Waals surface area contributed by atoms with Gasteiger partial charge >= 0.3 is 0 Å². The molecule has 2 fully saturated rings. The van der Waals surface area contributed by atoms with Gasteiger partial charge in [-0.2, -0.15) is 0 Å². The van der Waals surface area contributed by atoms with Crippen LogP contribution in [0.5, 0.6) is 0 Å². The third-order valence-electron chi connectivity index (χ3n) is 3.45. The molecule has 0 aromatic heterocycles. The zero-order valence-corrected chi connectivity index (χ0v) is 10.7. The van der Waals surface area contributed by atoms with Crippen molar-refractivity contribution in [2.45, 2.75) is 12.5 Å². The number of ether oxygens (including phenoxy) is 2. The average Bonchev–Trinajstić information content (AvgIpc) is 2.41. The number of amides is 1. The Morgan fingerprint density at radius 2 is 1.94 bits per heavy atom. The number of nitrogens with zero attached hydrogens (tertiary/aromatic N) is 2. The number of rotatable bonds is 5. The van der Waals surface area contributed by atoms with Crippen LogP contribution in [-0.4, -0.2) is 86.1 Å².